The molecule has 2 N–H and O–H groups in total. The molecule has 1 aliphatic rings. The summed E-state index contributed by atoms with van der Waals surface area (Å²) in [5.41, 5.74) is 3.16. The summed E-state index contributed by atoms with van der Waals surface area (Å²) in [7, 11) is 0. The quantitative estimate of drug-likeness (QED) is 0.827. The van der Waals surface area contributed by atoms with E-state index in [2.05, 4.69) is 12.2 Å². The van der Waals surface area contributed by atoms with Gasteiger partial charge in [0.15, 0.2) is 0 Å². The second-order valence-electron chi connectivity index (χ2n) is 5.08. The van der Waals surface area contributed by atoms with Gasteiger partial charge in [-0.1, -0.05) is 18.2 Å². The molecule has 1 aliphatic carbocycles. The normalized spacial score (nSPS) is 16.6. The number of nitrogens with one attached hydrogen (secondary N) is 1. The summed E-state index contributed by atoms with van der Waals surface area (Å²) in [5.74, 6) is -0.000182. The average Bonchev–Trinajstić information content (AvgIpc) is 3.04. The second kappa shape index (κ2) is 4.49. The first-order chi connectivity index (χ1) is 8.04. The predicted molar refractivity (Wildman–Crippen MR) is 66.8 cm³/mol. The maximum atomic E-state index is 11.8. The summed E-state index contributed by atoms with van der Waals surface area (Å²) >= 11 is 0. The van der Waals surface area contributed by atoms with Crippen LogP contribution in [0.15, 0.2) is 18.2 Å². The first-order valence-corrected chi connectivity index (χ1v) is 6.03. The molecule has 3 heteroatoms. The topological polar surface area (TPSA) is 49.3 Å². The van der Waals surface area contributed by atoms with Crippen molar-refractivity contribution in [3.05, 3.63) is 34.9 Å². The van der Waals surface area contributed by atoms with Crippen LogP contribution in [0.4, 0.5) is 0 Å². The first kappa shape index (κ1) is 12.1. The van der Waals surface area contributed by atoms with Crippen LogP contribution >= 0.6 is 0 Å². The molecule has 0 aromatic heterocycles. The number of aliphatic hydroxyl groups is 1. The number of rotatable bonds is 4. The predicted octanol–water partition coefficient (Wildman–Crippen LogP) is 1.49. The van der Waals surface area contributed by atoms with Gasteiger partial charge >= 0.3 is 0 Å². The Morgan fingerprint density at radius 3 is 2.59 bits per heavy atom. The number of amides is 1. The minimum atomic E-state index is -0.309. The summed E-state index contributed by atoms with van der Waals surface area (Å²) in [6.07, 6.45) is 2.17. The molecular formula is C14H19NO2. The van der Waals surface area contributed by atoms with Gasteiger partial charge in [-0.05, 0) is 43.4 Å². The zero-order valence-electron chi connectivity index (χ0n) is 10.4. The molecule has 1 saturated carbocycles. The Balaban J connectivity index is 1.96. The van der Waals surface area contributed by atoms with Gasteiger partial charge < -0.3 is 10.4 Å². The van der Waals surface area contributed by atoms with E-state index in [1.807, 2.05) is 25.1 Å². The molecule has 1 amide bonds. The molecule has 3 nitrogen and oxygen atoms in total. The van der Waals surface area contributed by atoms with Crippen molar-refractivity contribution in [2.75, 3.05) is 6.61 Å². The number of hydrogen-bond acceptors (Lipinski definition) is 2. The van der Waals surface area contributed by atoms with E-state index in [1.165, 1.54) is 11.1 Å². The third kappa shape index (κ3) is 2.86. The molecule has 2 rings (SSSR count). The molecular weight excluding hydrogens is 214 g/mol. The highest BCUT2D eigenvalue weighted by molar-refractivity contribution is 5.79. The van der Waals surface area contributed by atoms with Gasteiger partial charge in [0.2, 0.25) is 5.91 Å². The lowest BCUT2D eigenvalue weighted by Crippen LogP contribution is -2.40. The Morgan fingerprint density at radius 2 is 2.06 bits per heavy atom. The van der Waals surface area contributed by atoms with E-state index in [1.54, 1.807) is 0 Å². The van der Waals surface area contributed by atoms with Crippen molar-refractivity contribution < 1.29 is 9.90 Å². The SMILES string of the molecule is Cc1ccc(CC(=O)NC2(CO)CC2)cc1C. The molecule has 0 aliphatic heterocycles. The maximum absolute atomic E-state index is 11.8. The lowest BCUT2D eigenvalue weighted by Gasteiger charge is -2.14. The Labute approximate surface area is 102 Å². The summed E-state index contributed by atoms with van der Waals surface area (Å²) in [6.45, 7) is 4.16. The van der Waals surface area contributed by atoms with Gasteiger partial charge in [-0.3, -0.25) is 4.79 Å². The number of aryl methyl sites for hydroxylation is 2. The number of benzene rings is 1. The van der Waals surface area contributed by atoms with Crippen LogP contribution in [-0.4, -0.2) is 23.2 Å². The van der Waals surface area contributed by atoms with Crippen LogP contribution in [-0.2, 0) is 11.2 Å². The van der Waals surface area contributed by atoms with Crippen LogP contribution in [0.5, 0.6) is 0 Å². The average molecular weight is 233 g/mol. The Morgan fingerprint density at radius 1 is 1.35 bits per heavy atom. The molecule has 92 valence electrons. The van der Waals surface area contributed by atoms with E-state index < -0.39 is 0 Å². The lowest BCUT2D eigenvalue weighted by atomic mass is 10.0. The van der Waals surface area contributed by atoms with Gasteiger partial charge in [-0.25, -0.2) is 0 Å². The summed E-state index contributed by atoms with van der Waals surface area (Å²) in [5, 5.41) is 12.0. The van der Waals surface area contributed by atoms with Crippen molar-refractivity contribution in [3.63, 3.8) is 0 Å². The summed E-state index contributed by atoms with van der Waals surface area (Å²) in [6, 6.07) is 6.07. The Bertz CT molecular complexity index is 436. The summed E-state index contributed by atoms with van der Waals surface area (Å²) < 4.78 is 0. The van der Waals surface area contributed by atoms with Crippen LogP contribution in [0.3, 0.4) is 0 Å². The smallest absolute Gasteiger partial charge is 0.224 e. The fourth-order valence-electron chi connectivity index (χ4n) is 1.91. The Hall–Kier alpha value is -1.35. The van der Waals surface area contributed by atoms with Crippen molar-refractivity contribution in [3.8, 4) is 0 Å². The van der Waals surface area contributed by atoms with Crippen LogP contribution in [0.1, 0.15) is 29.5 Å². The van der Waals surface area contributed by atoms with Crippen LogP contribution in [0, 0.1) is 13.8 Å². The van der Waals surface area contributed by atoms with Crippen molar-refractivity contribution in [1.82, 2.24) is 5.32 Å². The molecule has 1 fully saturated rings. The van der Waals surface area contributed by atoms with E-state index in [4.69, 9.17) is 5.11 Å². The number of hydrogen-bond donors (Lipinski definition) is 2. The van der Waals surface area contributed by atoms with Crippen molar-refractivity contribution in [1.29, 1.82) is 0 Å². The zero-order valence-corrected chi connectivity index (χ0v) is 10.4. The molecule has 1 aromatic rings. The molecule has 0 spiro atoms. The van der Waals surface area contributed by atoms with Gasteiger partial charge in [0.25, 0.3) is 0 Å². The van der Waals surface area contributed by atoms with Crippen molar-refractivity contribution >= 4 is 5.91 Å². The fourth-order valence-corrected chi connectivity index (χ4v) is 1.91. The van der Waals surface area contributed by atoms with Crippen LogP contribution in [0.25, 0.3) is 0 Å². The molecule has 0 radical (unpaired) electrons. The van der Waals surface area contributed by atoms with Gasteiger partial charge in [0.05, 0.1) is 18.6 Å². The highest BCUT2D eigenvalue weighted by atomic mass is 16.3. The largest absolute Gasteiger partial charge is 0.394 e. The molecule has 0 bridgehead atoms. The standard InChI is InChI=1S/C14H19NO2/c1-10-3-4-12(7-11(10)2)8-13(17)15-14(9-16)5-6-14/h3-4,7,16H,5-6,8-9H2,1-2H3,(H,15,17). The summed E-state index contributed by atoms with van der Waals surface area (Å²) in [4.78, 5) is 11.8. The van der Waals surface area contributed by atoms with E-state index in [0.717, 1.165) is 18.4 Å². The van der Waals surface area contributed by atoms with E-state index in [9.17, 15) is 4.79 Å². The highest BCUT2D eigenvalue weighted by Gasteiger charge is 2.43. The van der Waals surface area contributed by atoms with E-state index in [0.29, 0.717) is 6.42 Å². The maximum Gasteiger partial charge on any atom is 0.224 e. The van der Waals surface area contributed by atoms with Crippen LogP contribution in [0.2, 0.25) is 0 Å². The molecule has 17 heavy (non-hydrogen) atoms. The number of carbonyl (C=O) groups is 1. The van der Waals surface area contributed by atoms with Gasteiger partial charge in [-0.15, -0.1) is 0 Å². The van der Waals surface area contributed by atoms with Gasteiger partial charge in [-0.2, -0.15) is 0 Å². The molecule has 1 aromatic carbocycles. The van der Waals surface area contributed by atoms with Gasteiger partial charge in [0, 0.05) is 0 Å². The minimum Gasteiger partial charge on any atom is -0.394 e. The monoisotopic (exact) mass is 233 g/mol. The van der Waals surface area contributed by atoms with Crippen molar-refractivity contribution in [2.45, 2.75) is 38.6 Å². The fraction of sp³-hybridized carbons (Fsp3) is 0.500. The Kier molecular flexibility index (Phi) is 3.20. The second-order valence-corrected chi connectivity index (χ2v) is 5.08. The molecule has 0 atom stereocenters. The number of aliphatic hydroxyl groups excluding tert-OH is 1. The minimum absolute atomic E-state index is 0.000182. The van der Waals surface area contributed by atoms with E-state index >= 15 is 0 Å². The van der Waals surface area contributed by atoms with Gasteiger partial charge in [0.1, 0.15) is 0 Å². The highest BCUT2D eigenvalue weighted by Crippen LogP contribution is 2.34. The molecule has 0 unspecified atom stereocenters. The van der Waals surface area contributed by atoms with E-state index in [-0.39, 0.29) is 18.1 Å². The first-order valence-electron chi connectivity index (χ1n) is 6.03. The lowest BCUT2D eigenvalue weighted by molar-refractivity contribution is -0.121. The molecule has 0 saturated heterocycles. The molecule has 0 heterocycles. The zero-order chi connectivity index (χ0) is 12.5. The number of carbonyl (C=O) groups excluding carboxylic acids is 1. The van der Waals surface area contributed by atoms with Crippen molar-refractivity contribution in [2.24, 2.45) is 0 Å². The van der Waals surface area contributed by atoms with Crippen LogP contribution < -0.4 is 5.32 Å². The third-order valence-corrected chi connectivity index (χ3v) is 3.50. The third-order valence-electron chi connectivity index (χ3n) is 3.50.